The predicted molar refractivity (Wildman–Crippen MR) is 151 cm³/mol. The van der Waals surface area contributed by atoms with E-state index in [9.17, 15) is 14.7 Å². The minimum atomic E-state index is -1.04. The molecule has 3 aliphatic rings. The molecule has 10 heteroatoms. The van der Waals surface area contributed by atoms with Gasteiger partial charge in [0.1, 0.15) is 11.3 Å². The maximum atomic E-state index is 13.7. The van der Waals surface area contributed by atoms with Crippen molar-refractivity contribution in [2.75, 3.05) is 13.7 Å². The van der Waals surface area contributed by atoms with E-state index in [2.05, 4.69) is 54.6 Å². The van der Waals surface area contributed by atoms with Crippen molar-refractivity contribution in [3.05, 3.63) is 46.4 Å². The van der Waals surface area contributed by atoms with Gasteiger partial charge in [0.2, 0.25) is 0 Å². The molecule has 2 N–H and O–H groups in total. The van der Waals surface area contributed by atoms with Gasteiger partial charge in [-0.1, -0.05) is 22.0 Å². The standard InChI is InChI=1S/C29H30BrN5O4/c1-33-26-20(31-27(33)23-10-16-5-7-19(30)12-22(16)34(23)13-15-3-4-15)9-18(11-24(26)39-2)28(36)35-14-17-6-8-21(35)25(17)32-29(37)38/h5,7,9-12,15,17,21,25,32H,3-4,6,8,13-14H2,1-2H3,(H,37,38)/t17-,21+,25?/m1/s1. The first-order chi connectivity index (χ1) is 18.8. The Morgan fingerprint density at radius 1 is 1.15 bits per heavy atom. The molecule has 7 rings (SSSR count). The van der Waals surface area contributed by atoms with Crippen molar-refractivity contribution in [2.45, 2.75) is 44.3 Å². The molecule has 2 aromatic carbocycles. The van der Waals surface area contributed by atoms with Crippen LogP contribution in [0.3, 0.4) is 0 Å². The van der Waals surface area contributed by atoms with Crippen molar-refractivity contribution in [3.63, 3.8) is 0 Å². The number of nitrogens with one attached hydrogen (secondary N) is 1. The molecule has 1 unspecified atom stereocenters. The Morgan fingerprint density at radius 2 is 1.97 bits per heavy atom. The SMILES string of the molecule is COc1cc(C(=O)N2C[C@H]3CC[C@H]2C3NC(=O)O)cc2nc(-c3cc4ccc(Br)cc4n3CC3CC3)n(C)c12. The Morgan fingerprint density at radius 3 is 2.72 bits per heavy atom. The third-order valence-electron chi connectivity index (χ3n) is 8.77. The van der Waals surface area contributed by atoms with Crippen LogP contribution in [0.25, 0.3) is 33.5 Å². The number of methoxy groups -OCH3 is 1. The highest BCUT2D eigenvalue weighted by Crippen LogP contribution is 2.41. The summed E-state index contributed by atoms with van der Waals surface area (Å²) in [4.78, 5) is 31.9. The summed E-state index contributed by atoms with van der Waals surface area (Å²) < 4.78 is 11.3. The first kappa shape index (κ1) is 24.5. The van der Waals surface area contributed by atoms with Crippen LogP contribution in [0.5, 0.6) is 5.75 Å². The number of ether oxygens (including phenoxy) is 1. The van der Waals surface area contributed by atoms with Crippen LogP contribution in [0.4, 0.5) is 4.79 Å². The second-order valence-corrected chi connectivity index (χ2v) is 12.1. The van der Waals surface area contributed by atoms with Crippen molar-refractivity contribution < 1.29 is 19.4 Å². The summed E-state index contributed by atoms with van der Waals surface area (Å²) in [5.74, 6) is 2.14. The van der Waals surface area contributed by atoms with Gasteiger partial charge in [-0.05, 0) is 67.9 Å². The number of imidazole rings is 1. The Bertz CT molecular complexity index is 1650. The third kappa shape index (κ3) is 3.99. The van der Waals surface area contributed by atoms with E-state index in [1.165, 1.54) is 18.4 Å². The van der Waals surface area contributed by atoms with E-state index >= 15 is 0 Å². The predicted octanol–water partition coefficient (Wildman–Crippen LogP) is 5.25. The molecule has 2 aliphatic carbocycles. The van der Waals surface area contributed by atoms with Gasteiger partial charge in [-0.3, -0.25) is 4.79 Å². The number of piperidine rings is 1. The minimum absolute atomic E-state index is 0.112. The fourth-order valence-corrected chi connectivity index (χ4v) is 7.09. The van der Waals surface area contributed by atoms with Gasteiger partial charge in [0.25, 0.3) is 5.91 Å². The lowest BCUT2D eigenvalue weighted by molar-refractivity contribution is 0.0697. The van der Waals surface area contributed by atoms with Crippen molar-refractivity contribution in [3.8, 4) is 17.3 Å². The first-order valence-corrected chi connectivity index (χ1v) is 14.3. The lowest BCUT2D eigenvalue weighted by Gasteiger charge is -2.27. The Hall–Kier alpha value is -3.53. The summed E-state index contributed by atoms with van der Waals surface area (Å²) in [6.07, 6.45) is 3.18. The van der Waals surface area contributed by atoms with E-state index < -0.39 is 6.09 Å². The van der Waals surface area contributed by atoms with Gasteiger partial charge in [-0.15, -0.1) is 0 Å². The van der Waals surface area contributed by atoms with Gasteiger partial charge in [-0.2, -0.15) is 0 Å². The third-order valence-corrected chi connectivity index (χ3v) is 9.27. The van der Waals surface area contributed by atoms with Crippen molar-refractivity contribution in [1.82, 2.24) is 24.3 Å². The summed E-state index contributed by atoms with van der Waals surface area (Å²) in [6, 6.07) is 11.8. The fourth-order valence-electron chi connectivity index (χ4n) is 6.74. The number of aryl methyl sites for hydroxylation is 1. The van der Waals surface area contributed by atoms with E-state index in [0.29, 0.717) is 29.3 Å². The highest BCUT2D eigenvalue weighted by atomic mass is 79.9. The minimum Gasteiger partial charge on any atom is -0.494 e. The number of aromatic nitrogens is 3. The molecule has 3 heterocycles. The number of carbonyl (C=O) groups excluding carboxylic acids is 1. The van der Waals surface area contributed by atoms with E-state index in [0.717, 1.165) is 46.3 Å². The number of hydrogen-bond acceptors (Lipinski definition) is 4. The second kappa shape index (κ2) is 9.01. The van der Waals surface area contributed by atoms with Crippen LogP contribution in [0.15, 0.2) is 40.9 Å². The molecule has 2 bridgehead atoms. The molecule has 2 amide bonds. The Labute approximate surface area is 233 Å². The highest BCUT2D eigenvalue weighted by molar-refractivity contribution is 9.10. The number of halogens is 1. The van der Waals surface area contributed by atoms with Gasteiger partial charge < -0.3 is 29.2 Å². The quantitative estimate of drug-likeness (QED) is 0.319. The molecule has 2 aromatic heterocycles. The molecular formula is C29H30BrN5O4. The topological polar surface area (TPSA) is 102 Å². The molecule has 3 fully saturated rings. The molecule has 4 aromatic rings. The van der Waals surface area contributed by atoms with Crippen LogP contribution in [0.1, 0.15) is 36.0 Å². The number of hydrogen-bond donors (Lipinski definition) is 2. The van der Waals surface area contributed by atoms with E-state index in [1.54, 1.807) is 13.2 Å². The van der Waals surface area contributed by atoms with Crippen LogP contribution < -0.4 is 10.1 Å². The van der Waals surface area contributed by atoms with Crippen molar-refractivity contribution in [2.24, 2.45) is 18.9 Å². The fraction of sp³-hybridized carbons (Fsp3) is 0.414. The highest BCUT2D eigenvalue weighted by Gasteiger charge is 2.49. The van der Waals surface area contributed by atoms with Crippen LogP contribution in [0, 0.1) is 11.8 Å². The number of nitrogens with zero attached hydrogens (tertiary/aromatic N) is 4. The summed E-state index contributed by atoms with van der Waals surface area (Å²) >= 11 is 3.63. The van der Waals surface area contributed by atoms with Crippen LogP contribution in [0.2, 0.25) is 0 Å². The maximum Gasteiger partial charge on any atom is 0.404 e. The van der Waals surface area contributed by atoms with Crippen LogP contribution in [-0.2, 0) is 13.6 Å². The molecule has 0 spiro atoms. The zero-order chi connectivity index (χ0) is 27.0. The lowest BCUT2D eigenvalue weighted by atomic mass is 10.1. The summed E-state index contributed by atoms with van der Waals surface area (Å²) in [6.45, 7) is 1.50. The van der Waals surface area contributed by atoms with Gasteiger partial charge in [0.05, 0.1) is 30.4 Å². The number of benzene rings is 2. The maximum absolute atomic E-state index is 13.7. The van der Waals surface area contributed by atoms with Gasteiger partial charge in [-0.25, -0.2) is 9.78 Å². The molecule has 3 atom stereocenters. The number of likely N-dealkylation sites (tertiary alicyclic amines) is 1. The average molecular weight is 592 g/mol. The lowest BCUT2D eigenvalue weighted by Crippen LogP contribution is -2.45. The smallest absolute Gasteiger partial charge is 0.404 e. The first-order valence-electron chi connectivity index (χ1n) is 13.5. The van der Waals surface area contributed by atoms with Gasteiger partial charge >= 0.3 is 6.09 Å². The average Bonchev–Trinajstić information content (AvgIpc) is 3.28. The molecule has 0 radical (unpaired) electrons. The monoisotopic (exact) mass is 591 g/mol. The molecule has 202 valence electrons. The molecule has 1 aliphatic heterocycles. The van der Waals surface area contributed by atoms with Crippen LogP contribution in [-0.4, -0.2) is 61.9 Å². The number of carboxylic acid groups (broad SMARTS) is 1. The second-order valence-electron chi connectivity index (χ2n) is 11.2. The summed E-state index contributed by atoms with van der Waals surface area (Å²) in [5.41, 5.74) is 4.26. The molecule has 39 heavy (non-hydrogen) atoms. The van der Waals surface area contributed by atoms with E-state index in [4.69, 9.17) is 9.72 Å². The number of carbonyl (C=O) groups is 2. The summed E-state index contributed by atoms with van der Waals surface area (Å²) in [5, 5.41) is 13.1. The Balaban J connectivity index is 1.30. The Kier molecular flexibility index (Phi) is 5.66. The molecular weight excluding hydrogens is 562 g/mol. The zero-order valence-electron chi connectivity index (χ0n) is 21.9. The number of amides is 2. The summed E-state index contributed by atoms with van der Waals surface area (Å²) in [7, 11) is 3.60. The normalized spacial score (nSPS) is 22.2. The van der Waals surface area contributed by atoms with Crippen LogP contribution >= 0.6 is 15.9 Å². The zero-order valence-corrected chi connectivity index (χ0v) is 23.4. The van der Waals surface area contributed by atoms with Gasteiger partial charge in [0.15, 0.2) is 5.82 Å². The molecule has 2 saturated carbocycles. The number of rotatable bonds is 6. The molecule has 9 nitrogen and oxygen atoms in total. The molecule has 1 saturated heterocycles. The van der Waals surface area contributed by atoms with Crippen molar-refractivity contribution in [1.29, 1.82) is 0 Å². The van der Waals surface area contributed by atoms with E-state index in [-0.39, 0.29) is 23.9 Å². The largest absolute Gasteiger partial charge is 0.494 e. The van der Waals surface area contributed by atoms with E-state index in [1.807, 2.05) is 18.0 Å². The number of fused-ring (bicyclic) bond motifs is 4. The van der Waals surface area contributed by atoms with Gasteiger partial charge in [0, 0.05) is 41.1 Å². The van der Waals surface area contributed by atoms with Crippen molar-refractivity contribution >= 4 is 49.9 Å².